The van der Waals surface area contributed by atoms with Crippen molar-refractivity contribution in [1.82, 2.24) is 0 Å². The van der Waals surface area contributed by atoms with Gasteiger partial charge in [0, 0.05) is 18.0 Å². The maximum Gasteiger partial charge on any atom is 0.126 e. The Balaban J connectivity index is 2.81. The minimum Gasteiger partial charge on any atom is -0.391 e. The molecule has 0 fully saturated rings. The first-order chi connectivity index (χ1) is 6.13. The van der Waals surface area contributed by atoms with E-state index in [9.17, 15) is 9.50 Å². The van der Waals surface area contributed by atoms with Crippen molar-refractivity contribution in [1.29, 1.82) is 0 Å². The van der Waals surface area contributed by atoms with E-state index in [4.69, 9.17) is 17.3 Å². The SMILES string of the molecule is NCC(O)Cc1cc(Cl)ccc1F. The molecule has 2 nitrogen and oxygen atoms in total. The number of aliphatic hydroxyl groups is 1. The van der Waals surface area contributed by atoms with E-state index in [0.717, 1.165) is 0 Å². The Morgan fingerprint density at radius 2 is 2.23 bits per heavy atom. The predicted octanol–water partition coefficient (Wildman–Crippen LogP) is 1.34. The van der Waals surface area contributed by atoms with Crippen molar-refractivity contribution in [2.45, 2.75) is 12.5 Å². The monoisotopic (exact) mass is 203 g/mol. The topological polar surface area (TPSA) is 46.2 Å². The average Bonchev–Trinajstić information content (AvgIpc) is 2.11. The third kappa shape index (κ3) is 2.95. The first-order valence-electron chi connectivity index (χ1n) is 3.95. The molecule has 1 atom stereocenters. The fourth-order valence-electron chi connectivity index (χ4n) is 1.04. The molecule has 0 saturated heterocycles. The Morgan fingerprint density at radius 1 is 1.54 bits per heavy atom. The van der Waals surface area contributed by atoms with Gasteiger partial charge >= 0.3 is 0 Å². The Bertz CT molecular complexity index is 293. The number of benzene rings is 1. The van der Waals surface area contributed by atoms with Crippen LogP contribution in [0.2, 0.25) is 5.02 Å². The van der Waals surface area contributed by atoms with Gasteiger partial charge < -0.3 is 10.8 Å². The maximum absolute atomic E-state index is 13.1. The first kappa shape index (κ1) is 10.4. The lowest BCUT2D eigenvalue weighted by molar-refractivity contribution is 0.182. The van der Waals surface area contributed by atoms with E-state index in [2.05, 4.69) is 0 Å². The molecular formula is C9H11ClFNO. The zero-order valence-corrected chi connectivity index (χ0v) is 7.76. The van der Waals surface area contributed by atoms with Crippen LogP contribution in [-0.2, 0) is 6.42 Å². The fraction of sp³-hybridized carbons (Fsp3) is 0.333. The Kier molecular flexibility index (Phi) is 3.66. The van der Waals surface area contributed by atoms with Gasteiger partial charge in [-0.25, -0.2) is 4.39 Å². The lowest BCUT2D eigenvalue weighted by Gasteiger charge is -2.08. The van der Waals surface area contributed by atoms with Crippen LogP contribution in [0.25, 0.3) is 0 Å². The molecule has 3 N–H and O–H groups in total. The molecule has 0 aliphatic heterocycles. The van der Waals surface area contributed by atoms with Crippen LogP contribution >= 0.6 is 11.6 Å². The van der Waals surface area contributed by atoms with Gasteiger partial charge in [-0.2, -0.15) is 0 Å². The number of nitrogens with two attached hydrogens (primary N) is 1. The van der Waals surface area contributed by atoms with Gasteiger partial charge in [0.2, 0.25) is 0 Å². The quantitative estimate of drug-likeness (QED) is 0.779. The van der Waals surface area contributed by atoms with Gasteiger partial charge in [0.1, 0.15) is 5.82 Å². The van der Waals surface area contributed by atoms with E-state index in [1.807, 2.05) is 0 Å². The zero-order chi connectivity index (χ0) is 9.84. The second-order valence-corrected chi connectivity index (χ2v) is 3.27. The molecule has 1 unspecified atom stereocenters. The smallest absolute Gasteiger partial charge is 0.126 e. The summed E-state index contributed by atoms with van der Waals surface area (Å²) in [6, 6.07) is 4.24. The molecule has 0 saturated carbocycles. The maximum atomic E-state index is 13.1. The molecule has 4 heteroatoms. The molecular weight excluding hydrogens is 193 g/mol. The van der Waals surface area contributed by atoms with Crippen molar-refractivity contribution >= 4 is 11.6 Å². The molecule has 0 radical (unpaired) electrons. The minimum absolute atomic E-state index is 0.117. The Hall–Kier alpha value is -0.640. The molecule has 0 spiro atoms. The van der Waals surface area contributed by atoms with Crippen molar-refractivity contribution in [3.63, 3.8) is 0 Å². The summed E-state index contributed by atoms with van der Waals surface area (Å²) in [5.74, 6) is -0.364. The third-order valence-corrected chi connectivity index (χ3v) is 1.97. The van der Waals surface area contributed by atoms with Gasteiger partial charge in [-0.1, -0.05) is 11.6 Å². The minimum atomic E-state index is -0.715. The highest BCUT2D eigenvalue weighted by Crippen LogP contribution is 2.16. The molecule has 1 aromatic rings. The molecule has 0 aliphatic rings. The molecule has 1 aromatic carbocycles. The number of halogens is 2. The standard InChI is InChI=1S/C9H11ClFNO/c10-7-1-2-9(11)6(3-7)4-8(13)5-12/h1-3,8,13H,4-5,12H2. The van der Waals surface area contributed by atoms with Crippen LogP contribution < -0.4 is 5.73 Å². The lowest BCUT2D eigenvalue weighted by Crippen LogP contribution is -2.22. The third-order valence-electron chi connectivity index (χ3n) is 1.74. The summed E-state index contributed by atoms with van der Waals surface area (Å²) in [7, 11) is 0. The predicted molar refractivity (Wildman–Crippen MR) is 50.2 cm³/mol. The largest absolute Gasteiger partial charge is 0.391 e. The molecule has 0 aliphatic carbocycles. The summed E-state index contributed by atoms with van der Waals surface area (Å²) in [6.45, 7) is 0.117. The van der Waals surface area contributed by atoms with E-state index < -0.39 is 6.10 Å². The van der Waals surface area contributed by atoms with E-state index in [-0.39, 0.29) is 18.8 Å². The molecule has 13 heavy (non-hydrogen) atoms. The second kappa shape index (κ2) is 4.56. The number of hydrogen-bond acceptors (Lipinski definition) is 2. The molecule has 1 rings (SSSR count). The van der Waals surface area contributed by atoms with Crippen LogP contribution in [0.3, 0.4) is 0 Å². The van der Waals surface area contributed by atoms with Gasteiger partial charge in [-0.15, -0.1) is 0 Å². The van der Waals surface area contributed by atoms with Crippen molar-refractivity contribution in [2.24, 2.45) is 5.73 Å². The van der Waals surface area contributed by atoms with Gasteiger partial charge in [0.25, 0.3) is 0 Å². The summed E-state index contributed by atoms with van der Waals surface area (Å²) in [6.07, 6.45) is -0.518. The molecule has 0 heterocycles. The van der Waals surface area contributed by atoms with E-state index in [1.54, 1.807) is 0 Å². The van der Waals surface area contributed by atoms with Gasteiger partial charge in [0.15, 0.2) is 0 Å². The van der Waals surface area contributed by atoms with Gasteiger partial charge in [-0.05, 0) is 23.8 Å². The molecule has 72 valence electrons. The van der Waals surface area contributed by atoms with Crippen molar-refractivity contribution in [2.75, 3.05) is 6.54 Å². The van der Waals surface area contributed by atoms with E-state index >= 15 is 0 Å². The Morgan fingerprint density at radius 3 is 2.85 bits per heavy atom. The molecule has 0 bridgehead atoms. The summed E-state index contributed by atoms with van der Waals surface area (Å²) < 4.78 is 13.1. The average molecular weight is 204 g/mol. The highest BCUT2D eigenvalue weighted by Gasteiger charge is 2.08. The summed E-state index contributed by atoms with van der Waals surface area (Å²) in [4.78, 5) is 0. The zero-order valence-electron chi connectivity index (χ0n) is 7.00. The number of hydrogen-bond donors (Lipinski definition) is 2. The Labute approximate surface area is 81.1 Å². The number of rotatable bonds is 3. The highest BCUT2D eigenvalue weighted by molar-refractivity contribution is 6.30. The normalized spacial score (nSPS) is 12.9. The summed E-state index contributed by atoms with van der Waals surface area (Å²) in [5.41, 5.74) is 5.60. The second-order valence-electron chi connectivity index (χ2n) is 2.83. The summed E-state index contributed by atoms with van der Waals surface area (Å²) in [5, 5.41) is 9.65. The van der Waals surface area contributed by atoms with Crippen molar-refractivity contribution in [3.05, 3.63) is 34.6 Å². The number of aliphatic hydroxyl groups excluding tert-OH is 1. The fourth-order valence-corrected chi connectivity index (χ4v) is 1.23. The highest BCUT2D eigenvalue weighted by atomic mass is 35.5. The molecule has 0 amide bonds. The summed E-state index contributed by atoms with van der Waals surface area (Å²) >= 11 is 5.66. The lowest BCUT2D eigenvalue weighted by atomic mass is 10.1. The van der Waals surface area contributed by atoms with Gasteiger partial charge in [0.05, 0.1) is 6.10 Å². The van der Waals surface area contributed by atoms with E-state index in [1.165, 1.54) is 18.2 Å². The van der Waals surface area contributed by atoms with E-state index in [0.29, 0.717) is 10.6 Å². The van der Waals surface area contributed by atoms with Crippen LogP contribution in [0, 0.1) is 5.82 Å². The van der Waals surface area contributed by atoms with Crippen LogP contribution in [0.5, 0.6) is 0 Å². The van der Waals surface area contributed by atoms with Crippen LogP contribution in [0.15, 0.2) is 18.2 Å². The first-order valence-corrected chi connectivity index (χ1v) is 4.33. The van der Waals surface area contributed by atoms with Crippen molar-refractivity contribution in [3.8, 4) is 0 Å². The van der Waals surface area contributed by atoms with Crippen LogP contribution in [-0.4, -0.2) is 17.8 Å². The molecule has 0 aromatic heterocycles. The van der Waals surface area contributed by atoms with Gasteiger partial charge in [-0.3, -0.25) is 0 Å². The van der Waals surface area contributed by atoms with Crippen LogP contribution in [0.4, 0.5) is 4.39 Å². The van der Waals surface area contributed by atoms with Crippen LogP contribution in [0.1, 0.15) is 5.56 Å². The van der Waals surface area contributed by atoms with Crippen molar-refractivity contribution < 1.29 is 9.50 Å².